The molecule has 0 bridgehead atoms. The Labute approximate surface area is 361 Å². The van der Waals surface area contributed by atoms with Gasteiger partial charge in [0.2, 0.25) is 5.91 Å². The molecule has 0 saturated heterocycles. The first-order valence-electron chi connectivity index (χ1n) is 25.6. The van der Waals surface area contributed by atoms with Gasteiger partial charge >= 0.3 is 5.97 Å². The van der Waals surface area contributed by atoms with Crippen molar-refractivity contribution in [3.8, 4) is 0 Å². The van der Waals surface area contributed by atoms with E-state index in [1.54, 1.807) is 0 Å². The fourth-order valence-corrected chi connectivity index (χ4v) is 7.84. The van der Waals surface area contributed by atoms with Gasteiger partial charge in [-0.05, 0) is 70.6 Å². The van der Waals surface area contributed by atoms with Crippen LogP contribution in [0.2, 0.25) is 0 Å². The molecule has 3 unspecified atom stereocenters. The molecule has 0 aromatic carbocycles. The van der Waals surface area contributed by atoms with E-state index in [0.29, 0.717) is 19.3 Å². The molecule has 3 N–H and O–H groups in total. The molecule has 0 aromatic heterocycles. The van der Waals surface area contributed by atoms with Gasteiger partial charge in [-0.15, -0.1) is 0 Å². The quantitative estimate of drug-likeness (QED) is 0.0323. The van der Waals surface area contributed by atoms with Gasteiger partial charge in [0.1, 0.15) is 6.10 Å². The first kappa shape index (κ1) is 56.3. The van der Waals surface area contributed by atoms with Gasteiger partial charge in [-0.2, -0.15) is 0 Å². The average Bonchev–Trinajstić information content (AvgIpc) is 3.22. The minimum Gasteiger partial charge on any atom is -0.462 e. The normalized spacial score (nSPS) is 13.4. The minimum atomic E-state index is -0.790. The largest absolute Gasteiger partial charge is 0.462 e. The summed E-state index contributed by atoms with van der Waals surface area (Å²) in [6, 6.07) is -0.705. The van der Waals surface area contributed by atoms with Crippen molar-refractivity contribution in [1.29, 1.82) is 0 Å². The lowest BCUT2D eigenvalue weighted by atomic mass is 10.0. The maximum absolute atomic E-state index is 13.2. The van der Waals surface area contributed by atoms with Crippen LogP contribution in [0, 0.1) is 0 Å². The van der Waals surface area contributed by atoms with Gasteiger partial charge < -0.3 is 20.3 Å². The SMILES string of the molecule is CCCCCCCC/C=C\CCCC(CC(=O)NC(CO)C(O)CCCCCCCCCCCCC)OC(=O)CCCCCCCCC/C=C/CCCCCCCC. The van der Waals surface area contributed by atoms with Gasteiger partial charge in [-0.1, -0.05) is 212 Å². The molecule has 0 rings (SSSR count). The van der Waals surface area contributed by atoms with Crippen molar-refractivity contribution in [2.45, 2.75) is 289 Å². The van der Waals surface area contributed by atoms with Crippen LogP contribution in [-0.2, 0) is 14.3 Å². The van der Waals surface area contributed by atoms with Crippen molar-refractivity contribution in [2.75, 3.05) is 6.61 Å². The first-order valence-corrected chi connectivity index (χ1v) is 25.6. The first-order chi connectivity index (χ1) is 28.5. The lowest BCUT2D eigenvalue weighted by molar-refractivity contribution is -0.151. The van der Waals surface area contributed by atoms with Gasteiger partial charge in [0.25, 0.3) is 0 Å². The van der Waals surface area contributed by atoms with E-state index in [1.165, 1.54) is 167 Å². The van der Waals surface area contributed by atoms with Crippen LogP contribution in [0.1, 0.15) is 271 Å². The van der Waals surface area contributed by atoms with E-state index >= 15 is 0 Å². The Morgan fingerprint density at radius 1 is 0.483 bits per heavy atom. The van der Waals surface area contributed by atoms with Crippen LogP contribution in [-0.4, -0.2) is 46.9 Å². The Hall–Kier alpha value is -1.66. The number of ether oxygens (including phenoxy) is 1. The van der Waals surface area contributed by atoms with Crippen molar-refractivity contribution in [3.05, 3.63) is 24.3 Å². The number of rotatable bonds is 46. The molecular weight excluding hydrogens is 719 g/mol. The van der Waals surface area contributed by atoms with E-state index in [1.807, 2.05) is 0 Å². The fourth-order valence-electron chi connectivity index (χ4n) is 7.84. The molecule has 0 aliphatic rings. The Bertz CT molecular complexity index is 919. The summed E-state index contributed by atoms with van der Waals surface area (Å²) in [5.74, 6) is -0.499. The predicted octanol–water partition coefficient (Wildman–Crippen LogP) is 15.1. The van der Waals surface area contributed by atoms with E-state index in [0.717, 1.165) is 57.8 Å². The smallest absolute Gasteiger partial charge is 0.306 e. The second-order valence-electron chi connectivity index (χ2n) is 17.6. The summed E-state index contributed by atoms with van der Waals surface area (Å²) in [5, 5.41) is 23.7. The topological polar surface area (TPSA) is 95.9 Å². The number of unbranched alkanes of at least 4 members (excludes halogenated alkanes) is 30. The summed E-state index contributed by atoms with van der Waals surface area (Å²) in [6.07, 6.45) is 52.4. The van der Waals surface area contributed by atoms with Crippen molar-refractivity contribution in [2.24, 2.45) is 0 Å². The maximum Gasteiger partial charge on any atom is 0.306 e. The van der Waals surface area contributed by atoms with Crippen LogP contribution >= 0.6 is 0 Å². The van der Waals surface area contributed by atoms with E-state index < -0.39 is 18.2 Å². The highest BCUT2D eigenvalue weighted by Crippen LogP contribution is 2.17. The Balaban J connectivity index is 4.53. The molecule has 0 spiro atoms. The molecular formula is C52H99NO5. The van der Waals surface area contributed by atoms with Crippen molar-refractivity contribution >= 4 is 11.9 Å². The average molecular weight is 818 g/mol. The summed E-state index contributed by atoms with van der Waals surface area (Å²) >= 11 is 0. The Kier molecular flexibility index (Phi) is 45.1. The Morgan fingerprint density at radius 2 is 0.845 bits per heavy atom. The lowest BCUT2D eigenvalue weighted by Gasteiger charge is -2.24. The zero-order chi connectivity index (χ0) is 42.4. The van der Waals surface area contributed by atoms with Gasteiger partial charge in [-0.25, -0.2) is 0 Å². The van der Waals surface area contributed by atoms with E-state index in [4.69, 9.17) is 4.74 Å². The standard InChI is InChI=1S/C52H99NO5/c1-4-7-10-13-16-19-22-23-24-25-26-27-30-33-36-39-42-45-52(57)58-48(43-40-37-34-31-28-20-17-14-11-8-5-2)46-51(56)53-49(47-54)50(55)44-41-38-35-32-29-21-18-15-12-9-6-3/h23-24,31,34,48-50,54-55H,4-22,25-30,32-33,35-47H2,1-3H3,(H,53,56)/b24-23+,34-31-. The molecule has 1 amide bonds. The number of aliphatic hydroxyl groups is 2. The number of amides is 1. The van der Waals surface area contributed by atoms with E-state index in [2.05, 4.69) is 50.4 Å². The molecule has 0 heterocycles. The molecule has 0 saturated carbocycles. The number of allylic oxidation sites excluding steroid dienone is 4. The molecule has 0 fully saturated rings. The molecule has 0 aliphatic carbocycles. The zero-order valence-corrected chi connectivity index (χ0v) is 38.9. The van der Waals surface area contributed by atoms with Gasteiger partial charge in [-0.3, -0.25) is 9.59 Å². The van der Waals surface area contributed by atoms with Crippen molar-refractivity contribution in [3.63, 3.8) is 0 Å². The monoisotopic (exact) mass is 818 g/mol. The predicted molar refractivity (Wildman–Crippen MR) is 250 cm³/mol. The van der Waals surface area contributed by atoms with E-state index in [-0.39, 0.29) is 24.9 Å². The summed E-state index contributed by atoms with van der Waals surface area (Å²) in [4.78, 5) is 26.1. The van der Waals surface area contributed by atoms with E-state index in [9.17, 15) is 19.8 Å². The van der Waals surface area contributed by atoms with Crippen LogP contribution in [0.25, 0.3) is 0 Å². The van der Waals surface area contributed by atoms with Crippen LogP contribution in [0.5, 0.6) is 0 Å². The molecule has 6 nitrogen and oxygen atoms in total. The van der Waals surface area contributed by atoms with Crippen LogP contribution in [0.15, 0.2) is 24.3 Å². The molecule has 6 heteroatoms. The molecule has 58 heavy (non-hydrogen) atoms. The van der Waals surface area contributed by atoms with Crippen LogP contribution in [0.4, 0.5) is 0 Å². The number of hydrogen-bond donors (Lipinski definition) is 3. The number of esters is 1. The maximum atomic E-state index is 13.2. The number of nitrogens with one attached hydrogen (secondary N) is 1. The number of hydrogen-bond acceptors (Lipinski definition) is 5. The minimum absolute atomic E-state index is 0.0586. The number of aliphatic hydroxyl groups excluding tert-OH is 2. The fraction of sp³-hybridized carbons (Fsp3) is 0.885. The third-order valence-corrected chi connectivity index (χ3v) is 11.8. The van der Waals surface area contributed by atoms with Crippen LogP contribution < -0.4 is 5.32 Å². The van der Waals surface area contributed by atoms with Crippen molar-refractivity contribution in [1.82, 2.24) is 5.32 Å². The summed E-state index contributed by atoms with van der Waals surface area (Å²) in [7, 11) is 0. The van der Waals surface area contributed by atoms with Gasteiger partial charge in [0.15, 0.2) is 0 Å². The second kappa shape index (κ2) is 46.4. The van der Waals surface area contributed by atoms with Gasteiger partial charge in [0.05, 0.1) is 25.2 Å². The number of carbonyl (C=O) groups excluding carboxylic acids is 2. The summed E-state index contributed by atoms with van der Waals surface area (Å²) in [6.45, 7) is 6.46. The Morgan fingerprint density at radius 3 is 1.26 bits per heavy atom. The highest BCUT2D eigenvalue weighted by molar-refractivity contribution is 5.77. The van der Waals surface area contributed by atoms with Crippen molar-refractivity contribution < 1.29 is 24.5 Å². The highest BCUT2D eigenvalue weighted by atomic mass is 16.5. The van der Waals surface area contributed by atoms with Gasteiger partial charge in [0, 0.05) is 6.42 Å². The molecule has 0 aliphatic heterocycles. The highest BCUT2D eigenvalue weighted by Gasteiger charge is 2.24. The molecule has 3 atom stereocenters. The number of carbonyl (C=O) groups is 2. The molecule has 0 aromatic rings. The summed E-state index contributed by atoms with van der Waals surface area (Å²) < 4.78 is 5.91. The molecule has 0 radical (unpaired) electrons. The third kappa shape index (κ3) is 41.1. The third-order valence-electron chi connectivity index (χ3n) is 11.8. The van der Waals surface area contributed by atoms with Crippen LogP contribution in [0.3, 0.4) is 0 Å². The second-order valence-corrected chi connectivity index (χ2v) is 17.6. The molecule has 342 valence electrons. The zero-order valence-electron chi connectivity index (χ0n) is 38.9. The summed E-state index contributed by atoms with van der Waals surface area (Å²) in [5.41, 5.74) is 0. The lowest BCUT2D eigenvalue weighted by Crippen LogP contribution is -2.46.